The van der Waals surface area contributed by atoms with Gasteiger partial charge < -0.3 is 4.74 Å². The zero-order chi connectivity index (χ0) is 12.0. The standard InChI is InChI=1S/C15H24O/c1-6-14(4)10-9-13-11(2)7-8-12(3)15(13,5)16-14/h6-7,12-13H,1,8-10H2,2-5H3/t12-,13+,14+,15+/m1/s1. The van der Waals surface area contributed by atoms with Gasteiger partial charge in [-0.3, -0.25) is 0 Å². The van der Waals surface area contributed by atoms with Gasteiger partial charge in [0.1, 0.15) is 0 Å². The molecule has 1 saturated heterocycles. The molecule has 0 amide bonds. The second-order valence-corrected chi connectivity index (χ2v) is 5.98. The summed E-state index contributed by atoms with van der Waals surface area (Å²) in [4.78, 5) is 0. The lowest BCUT2D eigenvalue weighted by Gasteiger charge is -2.54. The summed E-state index contributed by atoms with van der Waals surface area (Å²) in [6, 6.07) is 0. The third-order valence-corrected chi connectivity index (χ3v) is 4.83. The van der Waals surface area contributed by atoms with Crippen molar-refractivity contribution in [1.29, 1.82) is 0 Å². The highest BCUT2D eigenvalue weighted by Crippen LogP contribution is 2.50. The molecule has 1 fully saturated rings. The van der Waals surface area contributed by atoms with Gasteiger partial charge in [0, 0.05) is 5.92 Å². The van der Waals surface area contributed by atoms with Gasteiger partial charge in [-0.05, 0) is 46.0 Å². The maximum atomic E-state index is 6.44. The van der Waals surface area contributed by atoms with Gasteiger partial charge >= 0.3 is 0 Å². The third-order valence-electron chi connectivity index (χ3n) is 4.83. The smallest absolute Gasteiger partial charge is 0.0839 e. The average Bonchev–Trinajstić information content (AvgIpc) is 2.24. The van der Waals surface area contributed by atoms with Crippen LogP contribution in [-0.2, 0) is 4.74 Å². The summed E-state index contributed by atoms with van der Waals surface area (Å²) in [5.74, 6) is 1.20. The van der Waals surface area contributed by atoms with Crippen molar-refractivity contribution in [1.82, 2.24) is 0 Å². The van der Waals surface area contributed by atoms with E-state index in [1.54, 1.807) is 0 Å². The van der Waals surface area contributed by atoms with Crippen LogP contribution in [0.15, 0.2) is 24.3 Å². The number of allylic oxidation sites excluding steroid dienone is 1. The molecule has 1 nitrogen and oxygen atoms in total. The number of ether oxygens (including phenoxy) is 1. The molecule has 0 N–H and O–H groups in total. The largest absolute Gasteiger partial charge is 0.364 e. The maximum Gasteiger partial charge on any atom is 0.0839 e. The molecular formula is C15H24O. The summed E-state index contributed by atoms with van der Waals surface area (Å²) >= 11 is 0. The van der Waals surface area contributed by atoms with Crippen molar-refractivity contribution in [2.75, 3.05) is 0 Å². The first-order valence-electron chi connectivity index (χ1n) is 6.42. The van der Waals surface area contributed by atoms with Crippen molar-refractivity contribution in [2.24, 2.45) is 11.8 Å². The predicted octanol–water partition coefficient (Wildman–Crippen LogP) is 4.10. The zero-order valence-corrected chi connectivity index (χ0v) is 11.0. The zero-order valence-electron chi connectivity index (χ0n) is 11.0. The molecule has 0 aromatic heterocycles. The maximum absolute atomic E-state index is 6.44. The highest BCUT2D eigenvalue weighted by atomic mass is 16.5. The van der Waals surface area contributed by atoms with Crippen LogP contribution >= 0.6 is 0 Å². The first-order valence-corrected chi connectivity index (χ1v) is 6.42. The van der Waals surface area contributed by atoms with Crippen molar-refractivity contribution in [3.63, 3.8) is 0 Å². The van der Waals surface area contributed by atoms with Crippen LogP contribution in [0.2, 0.25) is 0 Å². The van der Waals surface area contributed by atoms with Crippen LogP contribution in [0.5, 0.6) is 0 Å². The van der Waals surface area contributed by atoms with Crippen LogP contribution in [0.4, 0.5) is 0 Å². The molecule has 0 aromatic carbocycles. The van der Waals surface area contributed by atoms with E-state index in [-0.39, 0.29) is 11.2 Å². The van der Waals surface area contributed by atoms with E-state index >= 15 is 0 Å². The molecule has 0 bridgehead atoms. The lowest BCUT2D eigenvalue weighted by atomic mass is 9.65. The molecule has 16 heavy (non-hydrogen) atoms. The highest BCUT2D eigenvalue weighted by molar-refractivity contribution is 5.19. The molecule has 0 spiro atoms. The molecule has 0 unspecified atom stereocenters. The minimum atomic E-state index is -0.128. The molecule has 1 heteroatoms. The second kappa shape index (κ2) is 3.73. The van der Waals surface area contributed by atoms with Gasteiger partial charge in [0.2, 0.25) is 0 Å². The SMILES string of the molecule is C=C[C@@]1(C)CC[C@H]2C(C)=CC[C@@H](C)[C@]2(C)O1. The lowest BCUT2D eigenvalue weighted by molar-refractivity contribution is -0.199. The van der Waals surface area contributed by atoms with Crippen molar-refractivity contribution in [3.8, 4) is 0 Å². The molecule has 2 rings (SSSR count). The summed E-state index contributed by atoms with van der Waals surface area (Å²) in [6.45, 7) is 13.0. The fraction of sp³-hybridized carbons (Fsp3) is 0.733. The van der Waals surface area contributed by atoms with E-state index in [2.05, 4.69) is 40.3 Å². The van der Waals surface area contributed by atoms with Crippen LogP contribution < -0.4 is 0 Å². The molecule has 4 atom stereocenters. The van der Waals surface area contributed by atoms with Gasteiger partial charge in [0.25, 0.3) is 0 Å². The Kier molecular flexibility index (Phi) is 2.78. The topological polar surface area (TPSA) is 9.23 Å². The Balaban J connectivity index is 2.33. The Morgan fingerprint density at radius 3 is 2.81 bits per heavy atom. The first kappa shape index (κ1) is 11.9. The molecule has 90 valence electrons. The van der Waals surface area contributed by atoms with Gasteiger partial charge in [-0.15, -0.1) is 6.58 Å². The summed E-state index contributed by atoms with van der Waals surface area (Å²) in [7, 11) is 0. The van der Waals surface area contributed by atoms with Gasteiger partial charge in [-0.2, -0.15) is 0 Å². The van der Waals surface area contributed by atoms with Crippen molar-refractivity contribution >= 4 is 0 Å². The quantitative estimate of drug-likeness (QED) is 0.604. The number of rotatable bonds is 1. The van der Waals surface area contributed by atoms with Crippen LogP contribution in [0.1, 0.15) is 47.0 Å². The van der Waals surface area contributed by atoms with E-state index in [9.17, 15) is 0 Å². The molecule has 1 aliphatic carbocycles. The van der Waals surface area contributed by atoms with E-state index in [1.807, 2.05) is 6.08 Å². The Hall–Kier alpha value is -0.560. The Morgan fingerprint density at radius 2 is 2.19 bits per heavy atom. The molecule has 1 aliphatic heterocycles. The van der Waals surface area contributed by atoms with Gasteiger partial charge in [0.15, 0.2) is 0 Å². The van der Waals surface area contributed by atoms with E-state index < -0.39 is 0 Å². The summed E-state index contributed by atoms with van der Waals surface area (Å²) < 4.78 is 6.44. The first-order chi connectivity index (χ1) is 7.41. The van der Waals surface area contributed by atoms with E-state index in [0.717, 1.165) is 12.8 Å². The molecule has 2 aliphatic rings. The Morgan fingerprint density at radius 1 is 1.50 bits per heavy atom. The number of hydrogen-bond donors (Lipinski definition) is 0. The van der Waals surface area contributed by atoms with Crippen molar-refractivity contribution in [3.05, 3.63) is 24.3 Å². The van der Waals surface area contributed by atoms with Crippen LogP contribution in [-0.4, -0.2) is 11.2 Å². The molecular weight excluding hydrogens is 196 g/mol. The van der Waals surface area contributed by atoms with Crippen molar-refractivity contribution in [2.45, 2.75) is 58.2 Å². The van der Waals surface area contributed by atoms with E-state index in [4.69, 9.17) is 4.74 Å². The fourth-order valence-corrected chi connectivity index (χ4v) is 3.35. The van der Waals surface area contributed by atoms with Crippen LogP contribution in [0.25, 0.3) is 0 Å². The van der Waals surface area contributed by atoms with Gasteiger partial charge in [-0.1, -0.05) is 24.6 Å². The van der Waals surface area contributed by atoms with Crippen molar-refractivity contribution < 1.29 is 4.74 Å². The molecule has 0 saturated carbocycles. The normalized spacial score (nSPS) is 48.1. The average molecular weight is 220 g/mol. The number of fused-ring (bicyclic) bond motifs is 1. The summed E-state index contributed by atoms with van der Waals surface area (Å²) in [5, 5.41) is 0. The fourth-order valence-electron chi connectivity index (χ4n) is 3.35. The predicted molar refractivity (Wildman–Crippen MR) is 68.4 cm³/mol. The monoisotopic (exact) mass is 220 g/mol. The molecule has 1 heterocycles. The summed E-state index contributed by atoms with van der Waals surface area (Å²) in [5.41, 5.74) is 1.39. The summed E-state index contributed by atoms with van der Waals surface area (Å²) in [6.07, 6.45) is 7.85. The van der Waals surface area contributed by atoms with Gasteiger partial charge in [0.05, 0.1) is 11.2 Å². The second-order valence-electron chi connectivity index (χ2n) is 5.98. The van der Waals surface area contributed by atoms with E-state index in [0.29, 0.717) is 11.8 Å². The number of hydrogen-bond acceptors (Lipinski definition) is 1. The third kappa shape index (κ3) is 1.66. The van der Waals surface area contributed by atoms with Crippen LogP contribution in [0, 0.1) is 11.8 Å². The minimum Gasteiger partial charge on any atom is -0.364 e. The minimum absolute atomic E-state index is 0.0000231. The molecule has 0 radical (unpaired) electrons. The lowest BCUT2D eigenvalue weighted by Crippen LogP contribution is -2.55. The van der Waals surface area contributed by atoms with E-state index in [1.165, 1.54) is 12.0 Å². The van der Waals surface area contributed by atoms with Crippen LogP contribution in [0.3, 0.4) is 0 Å². The van der Waals surface area contributed by atoms with Gasteiger partial charge in [-0.25, -0.2) is 0 Å². The Labute approximate surface area is 99.6 Å². The highest BCUT2D eigenvalue weighted by Gasteiger charge is 2.49. The molecule has 0 aromatic rings. The Bertz CT molecular complexity index is 330.